The molecule has 7 heteroatoms. The first-order valence-electron chi connectivity index (χ1n) is 9.68. The number of carbonyl (C=O) groups is 1. The zero-order valence-corrected chi connectivity index (χ0v) is 17.1. The lowest BCUT2D eigenvalue weighted by atomic mass is 10.1. The molecule has 1 aliphatic rings. The highest BCUT2D eigenvalue weighted by Gasteiger charge is 2.38. The molecule has 2 atom stereocenters. The molecule has 1 amide bonds. The highest BCUT2D eigenvalue weighted by Crippen LogP contribution is 2.36. The summed E-state index contributed by atoms with van der Waals surface area (Å²) >= 11 is 1.47. The summed E-state index contributed by atoms with van der Waals surface area (Å²) in [6, 6.07) is 20.9. The highest BCUT2D eigenvalue weighted by molar-refractivity contribution is 7.22. The second-order valence-corrected chi connectivity index (χ2v) is 8.03. The summed E-state index contributed by atoms with van der Waals surface area (Å²) in [6.45, 7) is 2.14. The topological polar surface area (TPSA) is 64.6 Å². The molecule has 30 heavy (non-hydrogen) atoms. The van der Waals surface area contributed by atoms with Crippen LogP contribution in [0.5, 0.6) is 11.5 Å². The Morgan fingerprint density at radius 3 is 2.50 bits per heavy atom. The van der Waals surface area contributed by atoms with Crippen LogP contribution in [0.1, 0.15) is 12.6 Å². The fourth-order valence-corrected chi connectivity index (χ4v) is 4.38. The number of ether oxygens (including phenoxy) is 2. The minimum atomic E-state index is -0.782. The third kappa shape index (κ3) is 3.48. The first kappa shape index (κ1) is 18.6. The number of amides is 1. The maximum Gasteiger partial charge on any atom is 0.274 e. The molecule has 1 aliphatic heterocycles. The minimum Gasteiger partial charge on any atom is -0.482 e. The van der Waals surface area contributed by atoms with E-state index in [9.17, 15) is 4.79 Å². The molecule has 0 aliphatic carbocycles. The molecule has 0 bridgehead atoms. The fraction of sp³-hybridized carbons (Fsp3) is 0.174. The van der Waals surface area contributed by atoms with E-state index in [0.29, 0.717) is 23.2 Å². The van der Waals surface area contributed by atoms with Crippen LogP contribution in [0.15, 0.2) is 72.9 Å². The van der Waals surface area contributed by atoms with Crippen LogP contribution in [0, 0.1) is 0 Å². The molecular formula is C23H19N3O3S. The van der Waals surface area contributed by atoms with E-state index >= 15 is 0 Å². The van der Waals surface area contributed by atoms with Crippen LogP contribution in [0.25, 0.3) is 10.2 Å². The Balaban J connectivity index is 1.51. The van der Waals surface area contributed by atoms with E-state index in [2.05, 4.69) is 4.98 Å². The Kier molecular flexibility index (Phi) is 4.80. The standard InChI is InChI=1S/C23H19N3O3S/c1-15-21(29-19-11-4-3-10-18(19)28-15)22(27)26(14-16-8-6-7-13-24-16)23-25-17-9-2-5-12-20(17)30-23/h2-13,15,21H,14H2,1H3. The molecule has 0 radical (unpaired) electrons. The van der Waals surface area contributed by atoms with E-state index in [-0.39, 0.29) is 5.91 Å². The number of hydrogen-bond acceptors (Lipinski definition) is 6. The van der Waals surface area contributed by atoms with Crippen LogP contribution in [-0.4, -0.2) is 28.1 Å². The van der Waals surface area contributed by atoms with E-state index in [1.54, 1.807) is 11.1 Å². The number of aromatic nitrogens is 2. The van der Waals surface area contributed by atoms with Crippen molar-refractivity contribution >= 4 is 32.6 Å². The van der Waals surface area contributed by atoms with Gasteiger partial charge in [-0.3, -0.25) is 14.7 Å². The molecule has 0 fully saturated rings. The van der Waals surface area contributed by atoms with Crippen LogP contribution in [0.4, 0.5) is 5.13 Å². The summed E-state index contributed by atoms with van der Waals surface area (Å²) < 4.78 is 13.0. The molecule has 150 valence electrons. The summed E-state index contributed by atoms with van der Waals surface area (Å²) in [4.78, 5) is 24.4. The van der Waals surface area contributed by atoms with Gasteiger partial charge in [0, 0.05) is 6.20 Å². The Bertz CT molecular complexity index is 1160. The van der Waals surface area contributed by atoms with Crippen LogP contribution in [0.2, 0.25) is 0 Å². The number of para-hydroxylation sites is 3. The number of anilines is 1. The van der Waals surface area contributed by atoms with Gasteiger partial charge >= 0.3 is 0 Å². The highest BCUT2D eigenvalue weighted by atomic mass is 32.1. The van der Waals surface area contributed by atoms with E-state index < -0.39 is 12.2 Å². The van der Waals surface area contributed by atoms with E-state index in [1.165, 1.54) is 11.3 Å². The normalized spacial score (nSPS) is 17.6. The summed E-state index contributed by atoms with van der Waals surface area (Å²) in [5, 5.41) is 0.613. The van der Waals surface area contributed by atoms with Crippen LogP contribution in [0.3, 0.4) is 0 Å². The van der Waals surface area contributed by atoms with Gasteiger partial charge in [-0.25, -0.2) is 4.98 Å². The number of hydrogen-bond donors (Lipinski definition) is 0. The van der Waals surface area contributed by atoms with Crippen molar-refractivity contribution in [2.24, 2.45) is 0 Å². The zero-order valence-electron chi connectivity index (χ0n) is 16.3. The molecule has 0 N–H and O–H groups in total. The average molecular weight is 417 g/mol. The zero-order chi connectivity index (χ0) is 20.5. The third-order valence-electron chi connectivity index (χ3n) is 4.91. The van der Waals surface area contributed by atoms with Crippen molar-refractivity contribution in [1.29, 1.82) is 0 Å². The molecule has 5 rings (SSSR count). The molecule has 3 heterocycles. The number of rotatable bonds is 4. The first-order chi connectivity index (χ1) is 14.7. The maximum absolute atomic E-state index is 13.7. The monoisotopic (exact) mass is 417 g/mol. The molecule has 2 aromatic heterocycles. The van der Waals surface area contributed by atoms with Crippen molar-refractivity contribution in [1.82, 2.24) is 9.97 Å². The Hall–Kier alpha value is -3.45. The first-order valence-corrected chi connectivity index (χ1v) is 10.5. The second kappa shape index (κ2) is 7.76. The number of carbonyl (C=O) groups excluding carboxylic acids is 1. The van der Waals surface area contributed by atoms with Crippen LogP contribution in [-0.2, 0) is 11.3 Å². The van der Waals surface area contributed by atoms with Gasteiger partial charge in [-0.05, 0) is 43.3 Å². The number of nitrogens with zero attached hydrogens (tertiary/aromatic N) is 3. The lowest BCUT2D eigenvalue weighted by Gasteiger charge is -2.33. The lowest BCUT2D eigenvalue weighted by Crippen LogP contribution is -2.50. The molecular weight excluding hydrogens is 398 g/mol. The van der Waals surface area contributed by atoms with Gasteiger partial charge in [-0.2, -0.15) is 0 Å². The van der Waals surface area contributed by atoms with Crippen molar-refractivity contribution in [3.05, 3.63) is 78.6 Å². The molecule has 4 aromatic rings. The van der Waals surface area contributed by atoms with Crippen LogP contribution < -0.4 is 14.4 Å². The molecule has 0 spiro atoms. The SMILES string of the molecule is CC1Oc2ccccc2OC1C(=O)N(Cc1ccccn1)c1nc2ccccc2s1. The number of benzene rings is 2. The van der Waals surface area contributed by atoms with Crippen molar-refractivity contribution in [2.45, 2.75) is 25.7 Å². The average Bonchev–Trinajstić information content (AvgIpc) is 3.21. The molecule has 2 unspecified atom stereocenters. The van der Waals surface area contributed by atoms with Crippen molar-refractivity contribution < 1.29 is 14.3 Å². The van der Waals surface area contributed by atoms with Gasteiger partial charge in [0.1, 0.15) is 6.10 Å². The van der Waals surface area contributed by atoms with Gasteiger partial charge in [0.15, 0.2) is 16.6 Å². The third-order valence-corrected chi connectivity index (χ3v) is 5.97. The number of thiazole rings is 1. The predicted octanol–water partition coefficient (Wildman–Crippen LogP) is 4.45. The maximum atomic E-state index is 13.7. The summed E-state index contributed by atoms with van der Waals surface area (Å²) in [5.41, 5.74) is 1.63. The van der Waals surface area contributed by atoms with E-state index in [1.807, 2.05) is 73.7 Å². The molecule has 0 saturated carbocycles. The van der Waals surface area contributed by atoms with Gasteiger partial charge in [0.25, 0.3) is 5.91 Å². The minimum absolute atomic E-state index is 0.207. The molecule has 0 saturated heterocycles. The Morgan fingerprint density at radius 1 is 1.00 bits per heavy atom. The van der Waals surface area contributed by atoms with Crippen molar-refractivity contribution in [3.63, 3.8) is 0 Å². The second-order valence-electron chi connectivity index (χ2n) is 7.02. The number of fused-ring (bicyclic) bond motifs is 2. The summed E-state index contributed by atoms with van der Waals surface area (Å²) in [5.74, 6) is 1.00. The van der Waals surface area contributed by atoms with E-state index in [4.69, 9.17) is 14.5 Å². The predicted molar refractivity (Wildman–Crippen MR) is 116 cm³/mol. The van der Waals surface area contributed by atoms with Gasteiger partial charge in [0.2, 0.25) is 6.10 Å². The van der Waals surface area contributed by atoms with Gasteiger partial charge in [0.05, 0.1) is 22.5 Å². The smallest absolute Gasteiger partial charge is 0.274 e. The quantitative estimate of drug-likeness (QED) is 0.491. The Labute approximate surface area is 177 Å². The van der Waals surface area contributed by atoms with Gasteiger partial charge in [-0.15, -0.1) is 0 Å². The lowest BCUT2D eigenvalue weighted by molar-refractivity contribution is -0.130. The summed E-state index contributed by atoms with van der Waals surface area (Å²) in [6.07, 6.45) is 0.499. The Morgan fingerprint density at radius 2 is 1.73 bits per heavy atom. The molecule has 6 nitrogen and oxygen atoms in total. The fourth-order valence-electron chi connectivity index (χ4n) is 3.41. The van der Waals surface area contributed by atoms with Crippen molar-refractivity contribution in [2.75, 3.05) is 4.90 Å². The molecule has 2 aromatic carbocycles. The largest absolute Gasteiger partial charge is 0.482 e. The van der Waals surface area contributed by atoms with Crippen molar-refractivity contribution in [3.8, 4) is 11.5 Å². The summed E-state index contributed by atoms with van der Waals surface area (Å²) in [7, 11) is 0. The van der Waals surface area contributed by atoms with Gasteiger partial charge < -0.3 is 9.47 Å². The van der Waals surface area contributed by atoms with E-state index in [0.717, 1.165) is 15.9 Å². The van der Waals surface area contributed by atoms with Crippen LogP contribution >= 0.6 is 11.3 Å². The number of pyridine rings is 1. The van der Waals surface area contributed by atoms with Gasteiger partial charge in [-0.1, -0.05) is 41.7 Å².